The number of nitrogens with zero attached hydrogens (tertiary/aromatic N) is 2. The normalized spacial score (nSPS) is 18.7. The van der Waals surface area contributed by atoms with Crippen LogP contribution in [0.2, 0.25) is 0 Å². The zero-order valence-corrected chi connectivity index (χ0v) is 15.6. The molecule has 0 aromatic heterocycles. The second kappa shape index (κ2) is 7.88. The molecule has 2 heterocycles. The van der Waals surface area contributed by atoms with Gasteiger partial charge in [0.25, 0.3) is 11.6 Å². The lowest BCUT2D eigenvalue weighted by atomic mass is 10.00. The summed E-state index contributed by atoms with van der Waals surface area (Å²) in [6, 6.07) is 12.2. The summed E-state index contributed by atoms with van der Waals surface area (Å²) in [7, 11) is 0. The lowest BCUT2D eigenvalue weighted by molar-refractivity contribution is -0.384. The number of anilines is 1. The summed E-state index contributed by atoms with van der Waals surface area (Å²) < 4.78 is 5.63. The number of hydrogen-bond donors (Lipinski definition) is 1. The van der Waals surface area contributed by atoms with Gasteiger partial charge < -0.3 is 15.0 Å². The van der Waals surface area contributed by atoms with Crippen molar-refractivity contribution in [3.05, 3.63) is 63.7 Å². The Morgan fingerprint density at radius 1 is 1.14 bits per heavy atom. The third-order valence-corrected chi connectivity index (χ3v) is 5.39. The number of carbonyl (C=O) groups is 1. The predicted octanol–water partition coefficient (Wildman–Crippen LogP) is 3.84. The van der Waals surface area contributed by atoms with Crippen LogP contribution in [-0.4, -0.2) is 30.5 Å². The highest BCUT2D eigenvalue weighted by Crippen LogP contribution is 2.33. The van der Waals surface area contributed by atoms with Gasteiger partial charge in [-0.1, -0.05) is 18.2 Å². The van der Waals surface area contributed by atoms with Gasteiger partial charge in [-0.3, -0.25) is 14.9 Å². The molecule has 1 amide bonds. The van der Waals surface area contributed by atoms with Crippen LogP contribution >= 0.6 is 0 Å². The van der Waals surface area contributed by atoms with E-state index in [2.05, 4.69) is 5.32 Å². The van der Waals surface area contributed by atoms with E-state index in [0.717, 1.165) is 43.7 Å². The van der Waals surface area contributed by atoms with Crippen molar-refractivity contribution in [3.63, 3.8) is 0 Å². The van der Waals surface area contributed by atoms with Gasteiger partial charge in [0.15, 0.2) is 0 Å². The number of nitrogens with one attached hydrogen (secondary N) is 1. The molecular formula is C21H23N3O4. The molecule has 0 spiro atoms. The van der Waals surface area contributed by atoms with E-state index in [1.807, 2.05) is 29.2 Å². The topological polar surface area (TPSA) is 84.7 Å². The van der Waals surface area contributed by atoms with Crippen LogP contribution in [0.1, 0.15) is 47.6 Å². The van der Waals surface area contributed by atoms with Crippen molar-refractivity contribution in [2.45, 2.75) is 31.7 Å². The van der Waals surface area contributed by atoms with Crippen LogP contribution < -0.4 is 15.0 Å². The molecule has 2 aromatic rings. The van der Waals surface area contributed by atoms with Gasteiger partial charge in [-0.2, -0.15) is 0 Å². The monoisotopic (exact) mass is 381 g/mol. The molecule has 2 aliphatic rings. The first-order valence-corrected chi connectivity index (χ1v) is 9.69. The summed E-state index contributed by atoms with van der Waals surface area (Å²) in [6.07, 6.45) is 3.87. The molecule has 146 valence electrons. The van der Waals surface area contributed by atoms with Gasteiger partial charge in [-0.05, 0) is 37.5 Å². The van der Waals surface area contributed by atoms with E-state index >= 15 is 0 Å². The number of rotatable bonds is 4. The van der Waals surface area contributed by atoms with Crippen LogP contribution in [0.25, 0.3) is 0 Å². The van der Waals surface area contributed by atoms with Crippen molar-refractivity contribution in [1.29, 1.82) is 0 Å². The third-order valence-electron chi connectivity index (χ3n) is 5.39. The fourth-order valence-corrected chi connectivity index (χ4v) is 3.95. The second-order valence-corrected chi connectivity index (χ2v) is 7.21. The molecule has 4 rings (SSSR count). The predicted molar refractivity (Wildman–Crippen MR) is 106 cm³/mol. The molecule has 0 saturated carbocycles. The summed E-state index contributed by atoms with van der Waals surface area (Å²) in [6.45, 7) is 2.15. The maximum atomic E-state index is 12.8. The fourth-order valence-electron chi connectivity index (χ4n) is 3.95. The summed E-state index contributed by atoms with van der Waals surface area (Å²) in [5, 5.41) is 14.6. The number of amides is 1. The van der Waals surface area contributed by atoms with Crippen molar-refractivity contribution in [1.82, 2.24) is 5.32 Å². The Labute approximate surface area is 163 Å². The molecule has 1 fully saturated rings. The third kappa shape index (κ3) is 3.65. The molecule has 2 aliphatic heterocycles. The molecule has 0 bridgehead atoms. The zero-order chi connectivity index (χ0) is 19.5. The summed E-state index contributed by atoms with van der Waals surface area (Å²) in [5.74, 6) is 0.459. The summed E-state index contributed by atoms with van der Waals surface area (Å²) in [4.78, 5) is 26.1. The van der Waals surface area contributed by atoms with Crippen LogP contribution in [0.3, 0.4) is 0 Å². The summed E-state index contributed by atoms with van der Waals surface area (Å²) in [5.41, 5.74) is 1.82. The number of nitro groups is 1. The Bertz CT molecular complexity index is 893. The quantitative estimate of drug-likeness (QED) is 0.642. The van der Waals surface area contributed by atoms with Gasteiger partial charge >= 0.3 is 0 Å². The molecule has 0 radical (unpaired) electrons. The maximum absolute atomic E-state index is 12.8. The zero-order valence-electron chi connectivity index (χ0n) is 15.6. The maximum Gasteiger partial charge on any atom is 0.293 e. The molecule has 7 heteroatoms. The Hall–Kier alpha value is -3.09. The Balaban J connectivity index is 1.56. The van der Waals surface area contributed by atoms with Crippen molar-refractivity contribution in [2.75, 3.05) is 24.6 Å². The molecule has 0 unspecified atom stereocenters. The number of fused-ring (bicyclic) bond motifs is 1. The van der Waals surface area contributed by atoms with E-state index in [1.54, 1.807) is 12.1 Å². The fraction of sp³-hybridized carbons (Fsp3) is 0.381. The van der Waals surface area contributed by atoms with E-state index < -0.39 is 4.92 Å². The van der Waals surface area contributed by atoms with E-state index in [9.17, 15) is 14.9 Å². The molecule has 2 aromatic carbocycles. The van der Waals surface area contributed by atoms with Crippen molar-refractivity contribution >= 4 is 17.3 Å². The number of ether oxygens (including phenoxy) is 1. The van der Waals surface area contributed by atoms with Crippen LogP contribution in [0, 0.1) is 10.1 Å². The Morgan fingerprint density at radius 3 is 2.71 bits per heavy atom. The first kappa shape index (κ1) is 18.3. The van der Waals surface area contributed by atoms with E-state index in [1.165, 1.54) is 6.07 Å². The minimum atomic E-state index is -0.398. The molecule has 1 N–H and O–H groups in total. The smallest absolute Gasteiger partial charge is 0.293 e. The van der Waals surface area contributed by atoms with Crippen molar-refractivity contribution in [3.8, 4) is 5.75 Å². The molecule has 0 aliphatic carbocycles. The number of carbonyl (C=O) groups excluding carboxylic acids is 1. The summed E-state index contributed by atoms with van der Waals surface area (Å²) >= 11 is 0. The van der Waals surface area contributed by atoms with Crippen LogP contribution in [0.15, 0.2) is 42.5 Å². The minimum absolute atomic E-state index is 0.0121. The van der Waals surface area contributed by atoms with E-state index in [4.69, 9.17) is 4.74 Å². The number of para-hydroxylation sites is 1. The molecular weight excluding hydrogens is 358 g/mol. The van der Waals surface area contributed by atoms with Crippen LogP contribution in [0.5, 0.6) is 5.75 Å². The lowest BCUT2D eigenvalue weighted by Crippen LogP contribution is -2.32. The highest BCUT2D eigenvalue weighted by Gasteiger charge is 2.26. The standard InChI is InChI=1S/C21H23N3O4/c25-21(22-17-10-13-28-20-7-3-2-6-16(17)20)15-8-9-18(19(14-15)24(26)27)23-11-4-1-5-12-23/h2-3,6-9,14,17H,1,4-5,10-13H2,(H,22,25)/t17-/m1/s1. The molecule has 1 saturated heterocycles. The Kier molecular flexibility index (Phi) is 5.14. The largest absolute Gasteiger partial charge is 0.493 e. The van der Waals surface area contributed by atoms with E-state index in [-0.39, 0.29) is 17.6 Å². The lowest BCUT2D eigenvalue weighted by Gasteiger charge is -2.28. The van der Waals surface area contributed by atoms with Gasteiger partial charge in [0.2, 0.25) is 0 Å². The first-order chi connectivity index (χ1) is 13.6. The highest BCUT2D eigenvalue weighted by molar-refractivity contribution is 5.96. The average Bonchev–Trinajstić information content (AvgIpc) is 2.74. The van der Waals surface area contributed by atoms with Gasteiger partial charge in [0.05, 0.1) is 17.6 Å². The van der Waals surface area contributed by atoms with Gasteiger partial charge in [0, 0.05) is 36.7 Å². The molecule has 28 heavy (non-hydrogen) atoms. The Morgan fingerprint density at radius 2 is 1.93 bits per heavy atom. The van der Waals surface area contributed by atoms with Gasteiger partial charge in [-0.15, -0.1) is 0 Å². The SMILES string of the molecule is O=C(N[C@@H]1CCOc2ccccc21)c1ccc(N2CCCCC2)c([N+](=O)[O-])c1. The molecule has 7 nitrogen and oxygen atoms in total. The highest BCUT2D eigenvalue weighted by atomic mass is 16.6. The number of nitro benzene ring substituents is 1. The van der Waals surface area contributed by atoms with Gasteiger partial charge in [0.1, 0.15) is 11.4 Å². The number of piperidine rings is 1. The van der Waals surface area contributed by atoms with E-state index in [0.29, 0.717) is 24.3 Å². The number of hydrogen-bond acceptors (Lipinski definition) is 5. The molecule has 1 atom stereocenters. The van der Waals surface area contributed by atoms with Crippen molar-refractivity contribution < 1.29 is 14.5 Å². The average molecular weight is 381 g/mol. The van der Waals surface area contributed by atoms with Gasteiger partial charge in [-0.25, -0.2) is 0 Å². The first-order valence-electron chi connectivity index (χ1n) is 9.69. The van der Waals surface area contributed by atoms with Crippen LogP contribution in [-0.2, 0) is 0 Å². The minimum Gasteiger partial charge on any atom is -0.493 e. The second-order valence-electron chi connectivity index (χ2n) is 7.21. The number of benzene rings is 2. The van der Waals surface area contributed by atoms with Crippen molar-refractivity contribution in [2.24, 2.45) is 0 Å². The van der Waals surface area contributed by atoms with Crippen LogP contribution in [0.4, 0.5) is 11.4 Å².